The standard InChI is InChI=1S/C17H21N5O3/c1-12(22-8-3-6-19-22)16(23)20-13-4-2-5-14(10-13)21-17(24)15-11-25-9-7-18-15/h2-6,8,10,12,15,18H,7,9,11H2,1H3,(H,20,23)(H,21,24). The predicted octanol–water partition coefficient (Wildman–Crippen LogP) is 1.01. The first-order valence-electron chi connectivity index (χ1n) is 8.15. The number of nitrogens with one attached hydrogen (secondary N) is 3. The number of rotatable bonds is 5. The molecule has 8 heteroatoms. The Morgan fingerprint density at radius 2 is 2.12 bits per heavy atom. The zero-order chi connectivity index (χ0) is 17.6. The minimum atomic E-state index is -0.433. The summed E-state index contributed by atoms with van der Waals surface area (Å²) in [5, 5.41) is 12.8. The first-order valence-corrected chi connectivity index (χ1v) is 8.15. The fraction of sp³-hybridized carbons (Fsp3) is 0.353. The van der Waals surface area contributed by atoms with E-state index < -0.39 is 6.04 Å². The molecule has 1 fully saturated rings. The van der Waals surface area contributed by atoms with Gasteiger partial charge in [-0.15, -0.1) is 0 Å². The lowest BCUT2D eigenvalue weighted by Crippen LogP contribution is -2.48. The molecule has 0 saturated carbocycles. The second-order valence-electron chi connectivity index (χ2n) is 5.80. The molecule has 2 atom stereocenters. The van der Waals surface area contributed by atoms with Crippen LogP contribution in [0.15, 0.2) is 42.7 Å². The number of hydrogen-bond acceptors (Lipinski definition) is 5. The van der Waals surface area contributed by atoms with E-state index in [1.165, 1.54) is 0 Å². The monoisotopic (exact) mass is 343 g/mol. The highest BCUT2D eigenvalue weighted by atomic mass is 16.5. The van der Waals surface area contributed by atoms with Gasteiger partial charge in [-0.05, 0) is 31.2 Å². The number of nitrogens with zero attached hydrogens (tertiary/aromatic N) is 2. The van der Waals surface area contributed by atoms with E-state index in [1.807, 2.05) is 0 Å². The molecule has 25 heavy (non-hydrogen) atoms. The number of amides is 2. The fourth-order valence-electron chi connectivity index (χ4n) is 2.51. The fourth-order valence-corrected chi connectivity index (χ4v) is 2.51. The van der Waals surface area contributed by atoms with Crippen LogP contribution in [0, 0.1) is 0 Å². The highest BCUT2D eigenvalue weighted by Crippen LogP contribution is 2.17. The minimum absolute atomic E-state index is 0.159. The second kappa shape index (κ2) is 7.91. The van der Waals surface area contributed by atoms with Crippen molar-refractivity contribution in [3.63, 3.8) is 0 Å². The van der Waals surface area contributed by atoms with Crippen molar-refractivity contribution in [1.82, 2.24) is 15.1 Å². The summed E-state index contributed by atoms with van der Waals surface area (Å²) in [6.07, 6.45) is 3.36. The van der Waals surface area contributed by atoms with E-state index in [0.29, 0.717) is 31.1 Å². The third kappa shape index (κ3) is 4.43. The molecule has 0 bridgehead atoms. The molecule has 1 aliphatic rings. The van der Waals surface area contributed by atoms with Gasteiger partial charge in [-0.25, -0.2) is 0 Å². The molecule has 3 N–H and O–H groups in total. The van der Waals surface area contributed by atoms with Crippen molar-refractivity contribution >= 4 is 23.2 Å². The first kappa shape index (κ1) is 17.1. The molecule has 2 amide bonds. The van der Waals surface area contributed by atoms with Gasteiger partial charge in [-0.2, -0.15) is 5.10 Å². The number of hydrogen-bond donors (Lipinski definition) is 3. The van der Waals surface area contributed by atoms with E-state index in [4.69, 9.17) is 4.74 Å². The number of ether oxygens (including phenoxy) is 1. The Kier molecular flexibility index (Phi) is 5.42. The largest absolute Gasteiger partial charge is 0.378 e. The third-order valence-corrected chi connectivity index (χ3v) is 3.94. The average molecular weight is 343 g/mol. The summed E-state index contributed by atoms with van der Waals surface area (Å²) < 4.78 is 6.87. The van der Waals surface area contributed by atoms with Crippen LogP contribution in [0.3, 0.4) is 0 Å². The lowest BCUT2D eigenvalue weighted by molar-refractivity contribution is -0.121. The average Bonchev–Trinajstić information content (AvgIpc) is 3.16. The number of anilines is 2. The van der Waals surface area contributed by atoms with Crippen LogP contribution >= 0.6 is 0 Å². The van der Waals surface area contributed by atoms with E-state index in [1.54, 1.807) is 54.3 Å². The third-order valence-electron chi connectivity index (χ3n) is 3.94. The predicted molar refractivity (Wildman–Crippen MR) is 93.2 cm³/mol. The molecular formula is C17H21N5O3. The Morgan fingerprint density at radius 3 is 2.80 bits per heavy atom. The van der Waals surface area contributed by atoms with Gasteiger partial charge in [0.1, 0.15) is 12.1 Å². The zero-order valence-corrected chi connectivity index (χ0v) is 13.9. The normalized spacial score (nSPS) is 18.4. The summed E-state index contributed by atoms with van der Waals surface area (Å²) in [6.45, 7) is 3.38. The van der Waals surface area contributed by atoms with Crippen LogP contribution in [0.5, 0.6) is 0 Å². The van der Waals surface area contributed by atoms with Crippen LogP contribution in [0.2, 0.25) is 0 Å². The summed E-state index contributed by atoms with van der Waals surface area (Å²) in [7, 11) is 0. The van der Waals surface area contributed by atoms with Crippen molar-refractivity contribution in [3.8, 4) is 0 Å². The molecule has 1 aromatic heterocycles. The summed E-state index contributed by atoms with van der Waals surface area (Å²) in [5.41, 5.74) is 1.22. The number of carbonyl (C=O) groups excluding carboxylic acids is 2. The van der Waals surface area contributed by atoms with Crippen molar-refractivity contribution in [2.24, 2.45) is 0 Å². The molecule has 132 valence electrons. The molecule has 2 heterocycles. The lowest BCUT2D eigenvalue weighted by atomic mass is 10.2. The molecular weight excluding hydrogens is 322 g/mol. The van der Waals surface area contributed by atoms with Gasteiger partial charge in [-0.1, -0.05) is 6.07 Å². The second-order valence-corrected chi connectivity index (χ2v) is 5.80. The van der Waals surface area contributed by atoms with Crippen LogP contribution in [-0.2, 0) is 14.3 Å². The Morgan fingerprint density at radius 1 is 1.32 bits per heavy atom. The van der Waals surface area contributed by atoms with Crippen LogP contribution in [0.25, 0.3) is 0 Å². The Balaban J connectivity index is 1.61. The lowest BCUT2D eigenvalue weighted by Gasteiger charge is -2.23. The number of carbonyl (C=O) groups is 2. The molecule has 0 radical (unpaired) electrons. The molecule has 2 unspecified atom stereocenters. The smallest absolute Gasteiger partial charge is 0.248 e. The van der Waals surface area contributed by atoms with E-state index >= 15 is 0 Å². The molecule has 3 rings (SSSR count). The van der Waals surface area contributed by atoms with Gasteiger partial charge in [0.25, 0.3) is 0 Å². The number of aromatic nitrogens is 2. The van der Waals surface area contributed by atoms with Crippen LogP contribution in [-0.4, -0.2) is 47.4 Å². The maximum Gasteiger partial charge on any atom is 0.248 e. The Labute approximate surface area is 145 Å². The van der Waals surface area contributed by atoms with Gasteiger partial charge in [0, 0.05) is 30.3 Å². The summed E-state index contributed by atoms with van der Waals surface area (Å²) in [4.78, 5) is 24.5. The molecule has 8 nitrogen and oxygen atoms in total. The van der Waals surface area contributed by atoms with Gasteiger partial charge in [0.05, 0.1) is 13.2 Å². The molecule has 1 saturated heterocycles. The molecule has 1 aromatic carbocycles. The van der Waals surface area contributed by atoms with E-state index in [2.05, 4.69) is 21.0 Å². The van der Waals surface area contributed by atoms with Crippen molar-refractivity contribution < 1.29 is 14.3 Å². The highest BCUT2D eigenvalue weighted by molar-refractivity contribution is 5.97. The SMILES string of the molecule is CC(C(=O)Nc1cccc(NC(=O)C2COCCN2)c1)n1cccn1. The maximum atomic E-state index is 12.3. The summed E-state index contributed by atoms with van der Waals surface area (Å²) in [5.74, 6) is -0.345. The van der Waals surface area contributed by atoms with Crippen molar-refractivity contribution in [3.05, 3.63) is 42.7 Å². The van der Waals surface area contributed by atoms with Gasteiger partial charge < -0.3 is 20.7 Å². The Hall–Kier alpha value is -2.71. The van der Waals surface area contributed by atoms with Crippen LogP contribution in [0.1, 0.15) is 13.0 Å². The van der Waals surface area contributed by atoms with Gasteiger partial charge >= 0.3 is 0 Å². The van der Waals surface area contributed by atoms with E-state index in [9.17, 15) is 9.59 Å². The van der Waals surface area contributed by atoms with Crippen molar-refractivity contribution in [2.45, 2.75) is 19.0 Å². The summed E-state index contributed by atoms with van der Waals surface area (Å²) >= 11 is 0. The van der Waals surface area contributed by atoms with Gasteiger partial charge in [0.2, 0.25) is 11.8 Å². The van der Waals surface area contributed by atoms with Gasteiger partial charge in [0.15, 0.2) is 0 Å². The molecule has 2 aromatic rings. The topological polar surface area (TPSA) is 97.3 Å². The van der Waals surface area contributed by atoms with Crippen molar-refractivity contribution in [1.29, 1.82) is 0 Å². The highest BCUT2D eigenvalue weighted by Gasteiger charge is 2.21. The van der Waals surface area contributed by atoms with Gasteiger partial charge in [-0.3, -0.25) is 14.3 Å². The Bertz CT molecular complexity index is 726. The van der Waals surface area contributed by atoms with E-state index in [-0.39, 0.29) is 17.9 Å². The number of morpholine rings is 1. The minimum Gasteiger partial charge on any atom is -0.378 e. The zero-order valence-electron chi connectivity index (χ0n) is 13.9. The first-order chi connectivity index (χ1) is 12.1. The maximum absolute atomic E-state index is 12.3. The summed E-state index contributed by atoms with van der Waals surface area (Å²) in [6, 6.07) is 8.00. The molecule has 0 spiro atoms. The van der Waals surface area contributed by atoms with E-state index in [0.717, 1.165) is 0 Å². The van der Waals surface area contributed by atoms with Crippen LogP contribution < -0.4 is 16.0 Å². The van der Waals surface area contributed by atoms with Crippen molar-refractivity contribution in [2.75, 3.05) is 30.4 Å². The number of benzene rings is 1. The molecule has 0 aliphatic carbocycles. The quantitative estimate of drug-likeness (QED) is 0.753. The molecule has 1 aliphatic heterocycles. The van der Waals surface area contributed by atoms with Crippen LogP contribution in [0.4, 0.5) is 11.4 Å².